The van der Waals surface area contributed by atoms with Crippen molar-refractivity contribution in [2.45, 2.75) is 32.6 Å². The van der Waals surface area contributed by atoms with Crippen LogP contribution in [0.15, 0.2) is 22.3 Å². The van der Waals surface area contributed by atoms with Gasteiger partial charge in [-0.15, -0.1) is 11.3 Å². The van der Waals surface area contributed by atoms with Crippen LogP contribution in [0.3, 0.4) is 0 Å². The molecule has 0 amide bonds. The number of fused-ring (bicyclic) bond motifs is 1. The number of piperidine rings is 1. The summed E-state index contributed by atoms with van der Waals surface area (Å²) in [6.07, 6.45) is 7.57. The molecule has 9 heteroatoms. The minimum absolute atomic E-state index is 0.168. The van der Waals surface area contributed by atoms with Crippen LogP contribution in [-0.2, 0) is 6.42 Å². The maximum atomic E-state index is 12.6. The smallest absolute Gasteiger partial charge is 0.282 e. The molecule has 0 aliphatic carbocycles. The molecule has 0 unspecified atom stereocenters. The van der Waals surface area contributed by atoms with Crippen LogP contribution >= 0.6 is 34.3 Å². The van der Waals surface area contributed by atoms with Gasteiger partial charge in [-0.25, -0.2) is 9.97 Å². The second-order valence-electron chi connectivity index (χ2n) is 6.12. The van der Waals surface area contributed by atoms with E-state index in [1.807, 2.05) is 6.07 Å². The zero-order chi connectivity index (χ0) is 18.1. The summed E-state index contributed by atoms with van der Waals surface area (Å²) in [5, 5.41) is 6.22. The molecule has 26 heavy (non-hydrogen) atoms. The van der Waals surface area contributed by atoms with Gasteiger partial charge in [0.1, 0.15) is 11.2 Å². The van der Waals surface area contributed by atoms with E-state index in [4.69, 9.17) is 11.6 Å². The number of hydrogen-bond donors (Lipinski definition) is 0. The van der Waals surface area contributed by atoms with E-state index in [0.29, 0.717) is 10.5 Å². The number of aryl methyl sites for hydroxylation is 1. The quantitative estimate of drug-likeness (QED) is 0.613. The summed E-state index contributed by atoms with van der Waals surface area (Å²) in [4.78, 5) is 26.3. The number of thiophene rings is 1. The number of aromatic nitrogens is 3. The Morgan fingerprint density at radius 2 is 2.12 bits per heavy atom. The molecule has 0 aromatic carbocycles. The van der Waals surface area contributed by atoms with E-state index < -0.39 is 0 Å². The Labute approximate surface area is 163 Å². The van der Waals surface area contributed by atoms with Crippen LogP contribution in [0.4, 0.5) is 5.13 Å². The molecule has 0 radical (unpaired) electrons. The lowest BCUT2D eigenvalue weighted by atomic mass is 10.1. The molecule has 3 aromatic heterocycles. The van der Waals surface area contributed by atoms with Crippen molar-refractivity contribution in [3.05, 3.63) is 37.7 Å². The Bertz CT molecular complexity index is 1020. The zero-order valence-electron chi connectivity index (χ0n) is 14.3. The SMILES string of the molecule is CCc1cc2c(=O)n(/N=C\c3sc(N4CCCCC4)nc3Cl)cnc2s1. The largest absolute Gasteiger partial charge is 0.348 e. The highest BCUT2D eigenvalue weighted by atomic mass is 35.5. The van der Waals surface area contributed by atoms with Gasteiger partial charge in [0.15, 0.2) is 10.3 Å². The summed E-state index contributed by atoms with van der Waals surface area (Å²) in [6.45, 7) is 4.09. The van der Waals surface area contributed by atoms with Gasteiger partial charge in [0, 0.05) is 18.0 Å². The molecule has 0 saturated carbocycles. The lowest BCUT2D eigenvalue weighted by Gasteiger charge is -2.25. The van der Waals surface area contributed by atoms with Crippen LogP contribution in [0.25, 0.3) is 10.2 Å². The van der Waals surface area contributed by atoms with E-state index in [0.717, 1.165) is 39.2 Å². The van der Waals surface area contributed by atoms with Crippen LogP contribution in [0, 0.1) is 0 Å². The van der Waals surface area contributed by atoms with E-state index in [9.17, 15) is 4.79 Å². The molecule has 0 bridgehead atoms. The zero-order valence-corrected chi connectivity index (χ0v) is 16.7. The fraction of sp³-hybridized carbons (Fsp3) is 0.412. The minimum Gasteiger partial charge on any atom is -0.348 e. The van der Waals surface area contributed by atoms with Crippen molar-refractivity contribution in [2.24, 2.45) is 5.10 Å². The fourth-order valence-electron chi connectivity index (χ4n) is 2.94. The molecule has 0 atom stereocenters. The van der Waals surface area contributed by atoms with Crippen molar-refractivity contribution >= 4 is 55.8 Å². The minimum atomic E-state index is -0.168. The van der Waals surface area contributed by atoms with Gasteiger partial charge in [0.05, 0.1) is 16.5 Å². The maximum Gasteiger partial charge on any atom is 0.282 e. The fourth-order valence-corrected chi connectivity index (χ4v) is 5.03. The molecule has 0 spiro atoms. The maximum absolute atomic E-state index is 12.6. The summed E-state index contributed by atoms with van der Waals surface area (Å²) in [5.74, 6) is 0. The third kappa shape index (κ3) is 3.41. The summed E-state index contributed by atoms with van der Waals surface area (Å²) in [7, 11) is 0. The Kier molecular flexibility index (Phi) is 5.06. The van der Waals surface area contributed by atoms with E-state index in [-0.39, 0.29) is 5.56 Å². The van der Waals surface area contributed by atoms with Crippen LogP contribution in [0.5, 0.6) is 0 Å². The van der Waals surface area contributed by atoms with Gasteiger partial charge in [0.25, 0.3) is 5.56 Å². The normalized spacial score (nSPS) is 15.4. The van der Waals surface area contributed by atoms with Gasteiger partial charge in [-0.1, -0.05) is 29.9 Å². The van der Waals surface area contributed by atoms with Crippen molar-refractivity contribution in [2.75, 3.05) is 18.0 Å². The molecule has 4 heterocycles. The van der Waals surface area contributed by atoms with Crippen LogP contribution in [0.1, 0.15) is 35.9 Å². The highest BCUT2D eigenvalue weighted by Crippen LogP contribution is 2.30. The topological polar surface area (TPSA) is 63.4 Å². The van der Waals surface area contributed by atoms with Crippen molar-refractivity contribution < 1.29 is 0 Å². The summed E-state index contributed by atoms with van der Waals surface area (Å²) in [5.41, 5.74) is -0.168. The van der Waals surface area contributed by atoms with Crippen molar-refractivity contribution in [1.29, 1.82) is 0 Å². The van der Waals surface area contributed by atoms with Crippen LogP contribution < -0.4 is 10.5 Å². The third-order valence-electron chi connectivity index (χ3n) is 4.36. The lowest BCUT2D eigenvalue weighted by molar-refractivity contribution is 0.577. The molecule has 136 valence electrons. The standard InChI is InChI=1S/C17H18ClN5OS2/c1-2-11-8-12-15(25-11)19-10-23(16(12)24)20-9-13-14(18)21-17(26-13)22-6-4-3-5-7-22/h8-10H,2-7H2,1H3/b20-9-. The van der Waals surface area contributed by atoms with Crippen molar-refractivity contribution in [3.63, 3.8) is 0 Å². The van der Waals surface area contributed by atoms with Gasteiger partial charge in [-0.2, -0.15) is 9.78 Å². The first-order valence-electron chi connectivity index (χ1n) is 8.61. The van der Waals surface area contributed by atoms with Gasteiger partial charge < -0.3 is 4.90 Å². The van der Waals surface area contributed by atoms with E-state index >= 15 is 0 Å². The third-order valence-corrected chi connectivity index (χ3v) is 7.00. The molecule has 6 nitrogen and oxygen atoms in total. The first-order valence-corrected chi connectivity index (χ1v) is 10.6. The lowest BCUT2D eigenvalue weighted by Crippen LogP contribution is -2.29. The predicted octanol–water partition coefficient (Wildman–Crippen LogP) is 4.00. The summed E-state index contributed by atoms with van der Waals surface area (Å²) >= 11 is 9.32. The summed E-state index contributed by atoms with van der Waals surface area (Å²) in [6, 6.07) is 1.90. The van der Waals surface area contributed by atoms with E-state index in [2.05, 4.69) is 26.9 Å². The molecule has 1 aliphatic rings. The van der Waals surface area contributed by atoms with Crippen LogP contribution in [0.2, 0.25) is 5.15 Å². The Balaban J connectivity index is 1.62. The molecule has 3 aromatic rings. The van der Waals surface area contributed by atoms with Crippen molar-refractivity contribution in [3.8, 4) is 0 Å². The number of anilines is 1. The van der Waals surface area contributed by atoms with Gasteiger partial charge >= 0.3 is 0 Å². The monoisotopic (exact) mass is 407 g/mol. The van der Waals surface area contributed by atoms with E-state index in [1.165, 1.54) is 41.6 Å². The summed E-state index contributed by atoms with van der Waals surface area (Å²) < 4.78 is 1.26. The molecular weight excluding hydrogens is 390 g/mol. The Hall–Kier alpha value is -1.77. The number of hydrogen-bond acceptors (Lipinski definition) is 7. The molecule has 1 saturated heterocycles. The molecule has 1 aliphatic heterocycles. The number of nitrogens with zero attached hydrogens (tertiary/aromatic N) is 5. The average molecular weight is 408 g/mol. The Morgan fingerprint density at radius 1 is 1.31 bits per heavy atom. The highest BCUT2D eigenvalue weighted by molar-refractivity contribution is 7.18. The second kappa shape index (κ2) is 7.46. The number of rotatable bonds is 4. The van der Waals surface area contributed by atoms with Crippen molar-refractivity contribution in [1.82, 2.24) is 14.6 Å². The first kappa shape index (κ1) is 17.6. The first-order chi connectivity index (χ1) is 12.7. The van der Waals surface area contributed by atoms with Gasteiger partial charge in [-0.05, 0) is 31.7 Å². The van der Waals surface area contributed by atoms with E-state index in [1.54, 1.807) is 17.6 Å². The number of thiazole rings is 1. The van der Waals surface area contributed by atoms with Gasteiger partial charge in [0.2, 0.25) is 0 Å². The number of halogens is 1. The predicted molar refractivity (Wildman–Crippen MR) is 109 cm³/mol. The molecule has 1 fully saturated rings. The molecule has 4 rings (SSSR count). The Morgan fingerprint density at radius 3 is 2.88 bits per heavy atom. The second-order valence-corrected chi connectivity index (χ2v) is 8.61. The molecular formula is C17H18ClN5OS2. The van der Waals surface area contributed by atoms with Gasteiger partial charge in [-0.3, -0.25) is 4.79 Å². The molecule has 0 N–H and O–H groups in total. The highest BCUT2D eigenvalue weighted by Gasteiger charge is 2.17. The average Bonchev–Trinajstić information content (AvgIpc) is 3.26. The van der Waals surface area contributed by atoms with Crippen LogP contribution in [-0.4, -0.2) is 33.9 Å².